The number of aryl methyl sites for hydroxylation is 1. The van der Waals surface area contributed by atoms with Gasteiger partial charge in [-0.1, -0.05) is 43.7 Å². The van der Waals surface area contributed by atoms with E-state index in [9.17, 15) is 0 Å². The van der Waals surface area contributed by atoms with Crippen molar-refractivity contribution in [2.75, 3.05) is 26.7 Å². The predicted molar refractivity (Wildman–Crippen MR) is 75.4 cm³/mol. The van der Waals surface area contributed by atoms with Crippen molar-refractivity contribution in [1.29, 1.82) is 0 Å². The molecule has 1 atom stereocenters. The van der Waals surface area contributed by atoms with Crippen molar-refractivity contribution in [1.82, 2.24) is 10.2 Å². The zero-order valence-corrected chi connectivity index (χ0v) is 11.7. The van der Waals surface area contributed by atoms with Crippen molar-refractivity contribution < 1.29 is 0 Å². The Morgan fingerprint density at radius 3 is 2.65 bits per heavy atom. The van der Waals surface area contributed by atoms with E-state index < -0.39 is 0 Å². The van der Waals surface area contributed by atoms with Crippen LogP contribution >= 0.6 is 0 Å². The maximum Gasteiger partial charge on any atom is 0.0449 e. The number of nitrogens with zero attached hydrogens (tertiary/aromatic N) is 1. The molecule has 0 amide bonds. The summed E-state index contributed by atoms with van der Waals surface area (Å²) >= 11 is 0. The number of hydrogen-bond donors (Lipinski definition) is 1. The highest BCUT2D eigenvalue weighted by Crippen LogP contribution is 2.15. The minimum atomic E-state index is 0.444. The van der Waals surface area contributed by atoms with Gasteiger partial charge in [-0.15, -0.1) is 0 Å². The van der Waals surface area contributed by atoms with E-state index in [4.69, 9.17) is 0 Å². The fraction of sp³-hybridized carbons (Fsp3) is 0.600. The second kappa shape index (κ2) is 7.46. The summed E-state index contributed by atoms with van der Waals surface area (Å²) in [6.07, 6.45) is 1.18. The van der Waals surface area contributed by atoms with E-state index >= 15 is 0 Å². The maximum atomic E-state index is 3.64. The summed E-state index contributed by atoms with van der Waals surface area (Å²) in [5.41, 5.74) is 2.74. The summed E-state index contributed by atoms with van der Waals surface area (Å²) in [5, 5.41) is 3.64. The first-order chi connectivity index (χ1) is 8.17. The van der Waals surface area contributed by atoms with Gasteiger partial charge in [0.05, 0.1) is 0 Å². The van der Waals surface area contributed by atoms with Crippen LogP contribution in [-0.2, 0) is 0 Å². The minimum Gasteiger partial charge on any atom is -0.309 e. The van der Waals surface area contributed by atoms with E-state index in [0.29, 0.717) is 6.04 Å². The van der Waals surface area contributed by atoms with Gasteiger partial charge in [0.2, 0.25) is 0 Å². The van der Waals surface area contributed by atoms with Crippen LogP contribution in [0.3, 0.4) is 0 Å². The third-order valence-corrected chi connectivity index (χ3v) is 3.12. The number of likely N-dealkylation sites (N-methyl/N-ethyl adjacent to an activating group) is 1. The van der Waals surface area contributed by atoms with Gasteiger partial charge in [-0.2, -0.15) is 0 Å². The lowest BCUT2D eigenvalue weighted by Gasteiger charge is -2.24. The fourth-order valence-electron chi connectivity index (χ4n) is 1.93. The smallest absolute Gasteiger partial charge is 0.0449 e. The van der Waals surface area contributed by atoms with Gasteiger partial charge < -0.3 is 10.2 Å². The van der Waals surface area contributed by atoms with Crippen LogP contribution in [0, 0.1) is 6.92 Å². The van der Waals surface area contributed by atoms with E-state index in [1.165, 1.54) is 17.5 Å². The van der Waals surface area contributed by atoms with Crippen molar-refractivity contribution >= 4 is 0 Å². The summed E-state index contributed by atoms with van der Waals surface area (Å²) in [4.78, 5) is 2.36. The number of nitrogens with one attached hydrogen (secondary N) is 1. The Morgan fingerprint density at radius 1 is 1.29 bits per heavy atom. The lowest BCUT2D eigenvalue weighted by molar-refractivity contribution is 0.303. The molecular weight excluding hydrogens is 208 g/mol. The first kappa shape index (κ1) is 14.2. The molecule has 17 heavy (non-hydrogen) atoms. The monoisotopic (exact) mass is 234 g/mol. The molecule has 0 aromatic heterocycles. The van der Waals surface area contributed by atoms with Crippen molar-refractivity contribution in [2.24, 2.45) is 0 Å². The third kappa shape index (κ3) is 4.88. The summed E-state index contributed by atoms with van der Waals surface area (Å²) in [6, 6.07) is 9.27. The Hall–Kier alpha value is -0.860. The molecule has 2 heteroatoms. The molecule has 0 bridgehead atoms. The second-order valence-corrected chi connectivity index (χ2v) is 4.78. The van der Waals surface area contributed by atoms with Gasteiger partial charge in [0.15, 0.2) is 0 Å². The van der Waals surface area contributed by atoms with E-state index in [2.05, 4.69) is 62.3 Å². The Labute approximate surface area is 106 Å². The van der Waals surface area contributed by atoms with Gasteiger partial charge in [-0.05, 0) is 39.0 Å². The largest absolute Gasteiger partial charge is 0.309 e. The van der Waals surface area contributed by atoms with Crippen LogP contribution in [0.4, 0.5) is 0 Å². The van der Waals surface area contributed by atoms with Gasteiger partial charge in [0.1, 0.15) is 0 Å². The Balaban J connectivity index is 2.74. The maximum absolute atomic E-state index is 3.64. The summed E-state index contributed by atoms with van der Waals surface area (Å²) < 4.78 is 0. The number of benzene rings is 1. The summed E-state index contributed by atoms with van der Waals surface area (Å²) in [5.74, 6) is 0. The molecule has 1 rings (SSSR count). The molecule has 0 heterocycles. The zero-order valence-electron chi connectivity index (χ0n) is 11.7. The van der Waals surface area contributed by atoms with Crippen LogP contribution in [0.5, 0.6) is 0 Å². The molecule has 0 aliphatic rings. The quantitative estimate of drug-likeness (QED) is 0.780. The second-order valence-electron chi connectivity index (χ2n) is 4.78. The highest BCUT2D eigenvalue weighted by Gasteiger charge is 2.12. The molecule has 96 valence electrons. The molecule has 2 nitrogen and oxygen atoms in total. The Bertz CT molecular complexity index is 322. The molecule has 1 aromatic carbocycles. The molecular formula is C15H26N2. The van der Waals surface area contributed by atoms with Crippen LogP contribution in [0.25, 0.3) is 0 Å². The molecule has 1 unspecified atom stereocenters. The lowest BCUT2D eigenvalue weighted by Crippen LogP contribution is -2.33. The topological polar surface area (TPSA) is 15.3 Å². The molecule has 0 saturated heterocycles. The standard InChI is InChI=1S/C15H26N2/c1-5-10-16-15(12-17(4)6-2)14-9-7-8-13(3)11-14/h7-9,11,15-16H,5-6,10,12H2,1-4H3. The van der Waals surface area contributed by atoms with Crippen LogP contribution < -0.4 is 5.32 Å². The SMILES string of the molecule is CCCNC(CN(C)CC)c1cccc(C)c1. The first-order valence-electron chi connectivity index (χ1n) is 6.65. The van der Waals surface area contributed by atoms with E-state index in [0.717, 1.165) is 19.6 Å². The number of rotatable bonds is 7. The molecule has 1 aromatic rings. The minimum absolute atomic E-state index is 0.444. The van der Waals surface area contributed by atoms with Crippen molar-refractivity contribution in [3.05, 3.63) is 35.4 Å². The summed E-state index contributed by atoms with van der Waals surface area (Å²) in [7, 11) is 2.18. The highest BCUT2D eigenvalue weighted by molar-refractivity contribution is 5.25. The van der Waals surface area contributed by atoms with Crippen molar-refractivity contribution in [3.63, 3.8) is 0 Å². The number of hydrogen-bond acceptors (Lipinski definition) is 2. The van der Waals surface area contributed by atoms with Crippen LogP contribution in [0.1, 0.15) is 37.4 Å². The molecule has 0 saturated carbocycles. The molecule has 0 spiro atoms. The van der Waals surface area contributed by atoms with Crippen molar-refractivity contribution in [2.45, 2.75) is 33.2 Å². The Kier molecular flexibility index (Phi) is 6.23. The highest BCUT2D eigenvalue weighted by atomic mass is 15.1. The average Bonchev–Trinajstić information content (AvgIpc) is 2.34. The van der Waals surface area contributed by atoms with Gasteiger partial charge in [-0.3, -0.25) is 0 Å². The normalized spacial score (nSPS) is 13.0. The molecule has 0 aliphatic carbocycles. The van der Waals surface area contributed by atoms with E-state index in [-0.39, 0.29) is 0 Å². The predicted octanol–water partition coefficient (Wildman–Crippen LogP) is 2.99. The fourth-order valence-corrected chi connectivity index (χ4v) is 1.93. The Morgan fingerprint density at radius 2 is 2.06 bits per heavy atom. The molecule has 0 aliphatic heterocycles. The third-order valence-electron chi connectivity index (χ3n) is 3.12. The first-order valence-corrected chi connectivity index (χ1v) is 6.65. The van der Waals surface area contributed by atoms with Gasteiger partial charge in [0.25, 0.3) is 0 Å². The van der Waals surface area contributed by atoms with E-state index in [1.807, 2.05) is 0 Å². The van der Waals surface area contributed by atoms with Crippen LogP contribution in [-0.4, -0.2) is 31.6 Å². The molecule has 0 radical (unpaired) electrons. The molecule has 1 N–H and O–H groups in total. The van der Waals surface area contributed by atoms with Gasteiger partial charge in [-0.25, -0.2) is 0 Å². The zero-order chi connectivity index (χ0) is 12.7. The van der Waals surface area contributed by atoms with Crippen LogP contribution in [0.15, 0.2) is 24.3 Å². The molecule has 0 fully saturated rings. The summed E-state index contributed by atoms with van der Waals surface area (Å²) in [6.45, 7) is 9.81. The lowest BCUT2D eigenvalue weighted by atomic mass is 10.0. The van der Waals surface area contributed by atoms with E-state index in [1.54, 1.807) is 0 Å². The average molecular weight is 234 g/mol. The van der Waals surface area contributed by atoms with Gasteiger partial charge in [0, 0.05) is 12.6 Å². The van der Waals surface area contributed by atoms with Gasteiger partial charge >= 0.3 is 0 Å². The van der Waals surface area contributed by atoms with Crippen LogP contribution in [0.2, 0.25) is 0 Å². The van der Waals surface area contributed by atoms with Crippen molar-refractivity contribution in [3.8, 4) is 0 Å².